The first-order valence-electron chi connectivity index (χ1n) is 10.9. The second kappa shape index (κ2) is 8.96. The fourth-order valence-corrected chi connectivity index (χ4v) is 4.27. The first-order valence-corrected chi connectivity index (χ1v) is 10.9. The molecule has 0 saturated carbocycles. The van der Waals surface area contributed by atoms with E-state index in [9.17, 15) is 19.8 Å². The number of aromatic amines is 1. The van der Waals surface area contributed by atoms with E-state index in [1.165, 1.54) is 5.56 Å². The molecule has 0 fully saturated rings. The molecule has 0 aliphatic carbocycles. The Balaban J connectivity index is 1.69. The van der Waals surface area contributed by atoms with Crippen molar-refractivity contribution in [1.82, 2.24) is 14.9 Å². The van der Waals surface area contributed by atoms with Crippen LogP contribution >= 0.6 is 0 Å². The van der Waals surface area contributed by atoms with Crippen LogP contribution in [0.4, 0.5) is 0 Å². The fraction of sp³-hybridized carbons (Fsp3) is 0.231. The highest BCUT2D eigenvalue weighted by molar-refractivity contribution is 5.92. The summed E-state index contributed by atoms with van der Waals surface area (Å²) in [7, 11) is 2.01. The molecule has 170 valence electrons. The predicted molar refractivity (Wildman–Crippen MR) is 129 cm³/mol. The zero-order valence-corrected chi connectivity index (χ0v) is 18.8. The van der Waals surface area contributed by atoms with E-state index in [4.69, 9.17) is 0 Å². The van der Waals surface area contributed by atoms with Gasteiger partial charge in [-0.15, -0.1) is 0 Å². The van der Waals surface area contributed by atoms with Gasteiger partial charge in [-0.05, 0) is 42.7 Å². The lowest BCUT2D eigenvalue weighted by Gasteiger charge is -2.14. The zero-order chi connectivity index (χ0) is 23.7. The third-order valence-corrected chi connectivity index (χ3v) is 6.18. The second-order valence-electron chi connectivity index (χ2n) is 8.17. The number of aromatic carboxylic acids is 1. The van der Waals surface area contributed by atoms with Gasteiger partial charge in [0.15, 0.2) is 5.56 Å². The van der Waals surface area contributed by atoms with Gasteiger partial charge in [-0.2, -0.15) is 0 Å². The molecule has 2 heterocycles. The molecule has 0 aliphatic heterocycles. The summed E-state index contributed by atoms with van der Waals surface area (Å²) < 4.78 is 2.12. The molecule has 2 aromatic carbocycles. The average Bonchev–Trinajstić information content (AvgIpc) is 3.12. The van der Waals surface area contributed by atoms with Gasteiger partial charge in [-0.25, -0.2) is 4.79 Å². The molecule has 4 rings (SSSR count). The molecule has 7 nitrogen and oxygen atoms in total. The summed E-state index contributed by atoms with van der Waals surface area (Å²) in [5.41, 5.74) is 3.48. The predicted octanol–water partition coefficient (Wildman–Crippen LogP) is 4.35. The number of nitrogens with one attached hydrogen (secondary N) is 2. The van der Waals surface area contributed by atoms with Crippen molar-refractivity contribution in [2.45, 2.75) is 32.9 Å². The Kier molecular flexibility index (Phi) is 6.07. The van der Waals surface area contributed by atoms with Gasteiger partial charge in [0.05, 0.1) is 5.69 Å². The maximum Gasteiger partial charge on any atom is 0.345 e. The van der Waals surface area contributed by atoms with E-state index in [-0.39, 0.29) is 6.04 Å². The lowest BCUT2D eigenvalue weighted by molar-refractivity contribution is 0.0691. The zero-order valence-electron chi connectivity index (χ0n) is 18.8. The Morgan fingerprint density at radius 2 is 1.88 bits per heavy atom. The van der Waals surface area contributed by atoms with E-state index in [1.54, 1.807) is 6.92 Å². The van der Waals surface area contributed by atoms with E-state index in [1.807, 2.05) is 43.4 Å². The van der Waals surface area contributed by atoms with Crippen molar-refractivity contribution in [1.29, 1.82) is 0 Å². The standard InChI is InChI=1S/C26H27N3O4/c1-4-20-23(28-25(31)22(24(20)30)26(32)33)17-10-11-21-18(12-17)13-19(29(21)3)14-27-15(2)16-8-6-5-7-9-16/h5-13,15,27H,4,14H2,1-3H3,(H,32,33)(H2,28,30,31)/t15-/m1/s1. The van der Waals surface area contributed by atoms with Gasteiger partial charge in [0, 0.05) is 41.8 Å². The lowest BCUT2D eigenvalue weighted by atomic mass is 9.99. The van der Waals surface area contributed by atoms with Gasteiger partial charge in [0.25, 0.3) is 5.56 Å². The average molecular weight is 446 g/mol. The number of aromatic hydroxyl groups is 1. The van der Waals surface area contributed by atoms with Crippen LogP contribution in [-0.2, 0) is 20.0 Å². The van der Waals surface area contributed by atoms with Gasteiger partial charge < -0.3 is 25.1 Å². The number of nitrogens with zero attached hydrogens (tertiary/aromatic N) is 1. The van der Waals surface area contributed by atoms with Crippen LogP contribution in [0.1, 0.15) is 47.1 Å². The number of aryl methyl sites for hydroxylation is 1. The summed E-state index contributed by atoms with van der Waals surface area (Å²) in [4.78, 5) is 26.4. The Morgan fingerprint density at radius 3 is 2.55 bits per heavy atom. The Hall–Kier alpha value is -3.84. The highest BCUT2D eigenvalue weighted by Gasteiger charge is 2.22. The van der Waals surface area contributed by atoms with Crippen molar-refractivity contribution in [2.75, 3.05) is 0 Å². The number of H-pyrrole nitrogens is 1. The molecule has 4 aromatic rings. The van der Waals surface area contributed by atoms with Crippen molar-refractivity contribution in [3.63, 3.8) is 0 Å². The van der Waals surface area contributed by atoms with Crippen molar-refractivity contribution in [3.8, 4) is 17.0 Å². The molecule has 0 amide bonds. The third kappa shape index (κ3) is 4.15. The number of carboxylic acids is 1. The molecular formula is C26H27N3O4. The van der Waals surface area contributed by atoms with Crippen LogP contribution in [0.2, 0.25) is 0 Å². The highest BCUT2D eigenvalue weighted by atomic mass is 16.4. The molecule has 7 heteroatoms. The van der Waals surface area contributed by atoms with Crippen LogP contribution in [0.15, 0.2) is 59.4 Å². The molecule has 33 heavy (non-hydrogen) atoms. The van der Waals surface area contributed by atoms with Crippen LogP contribution in [0.25, 0.3) is 22.2 Å². The molecule has 0 saturated heterocycles. The molecule has 0 radical (unpaired) electrons. The van der Waals surface area contributed by atoms with E-state index < -0.39 is 22.8 Å². The third-order valence-electron chi connectivity index (χ3n) is 6.18. The Labute approximate surface area is 191 Å². The molecule has 1 atom stereocenters. The van der Waals surface area contributed by atoms with Crippen molar-refractivity contribution in [2.24, 2.45) is 7.05 Å². The van der Waals surface area contributed by atoms with Gasteiger partial charge in [-0.3, -0.25) is 4.79 Å². The van der Waals surface area contributed by atoms with Crippen LogP contribution in [0, 0.1) is 0 Å². The Bertz CT molecular complexity index is 1390. The number of carbonyl (C=O) groups is 1. The van der Waals surface area contributed by atoms with E-state index in [2.05, 4.69) is 40.0 Å². The number of aromatic nitrogens is 2. The molecule has 0 bridgehead atoms. The smallest absolute Gasteiger partial charge is 0.345 e. The summed E-state index contributed by atoms with van der Waals surface area (Å²) in [5, 5.41) is 24.3. The summed E-state index contributed by atoms with van der Waals surface area (Å²) in [6, 6.07) is 18.3. The minimum atomic E-state index is -1.45. The first-order chi connectivity index (χ1) is 15.8. The second-order valence-corrected chi connectivity index (χ2v) is 8.17. The minimum absolute atomic E-state index is 0.202. The number of pyridine rings is 1. The quantitative estimate of drug-likeness (QED) is 0.338. The van der Waals surface area contributed by atoms with Gasteiger partial charge in [0.2, 0.25) is 0 Å². The maximum absolute atomic E-state index is 12.3. The topological polar surface area (TPSA) is 107 Å². The number of fused-ring (bicyclic) bond motifs is 1. The van der Waals surface area contributed by atoms with Crippen molar-refractivity contribution < 1.29 is 15.0 Å². The molecule has 2 aromatic heterocycles. The summed E-state index contributed by atoms with van der Waals surface area (Å²) in [6.45, 7) is 4.62. The van der Waals surface area contributed by atoms with Gasteiger partial charge in [0.1, 0.15) is 5.75 Å². The summed E-state index contributed by atoms with van der Waals surface area (Å²) in [5.74, 6) is -1.92. The number of carboxylic acid groups (broad SMARTS) is 1. The summed E-state index contributed by atoms with van der Waals surface area (Å²) >= 11 is 0. The van der Waals surface area contributed by atoms with E-state index >= 15 is 0 Å². The van der Waals surface area contributed by atoms with Crippen LogP contribution < -0.4 is 10.9 Å². The summed E-state index contributed by atoms with van der Waals surface area (Å²) in [6.07, 6.45) is 0.373. The van der Waals surface area contributed by atoms with E-state index in [0.29, 0.717) is 29.8 Å². The number of hydrogen-bond donors (Lipinski definition) is 4. The number of hydrogen-bond acceptors (Lipinski definition) is 4. The van der Waals surface area contributed by atoms with E-state index in [0.717, 1.165) is 16.6 Å². The molecule has 4 N–H and O–H groups in total. The maximum atomic E-state index is 12.3. The molecule has 0 spiro atoms. The number of benzene rings is 2. The fourth-order valence-electron chi connectivity index (χ4n) is 4.27. The Morgan fingerprint density at radius 1 is 1.15 bits per heavy atom. The number of rotatable bonds is 7. The minimum Gasteiger partial charge on any atom is -0.506 e. The van der Waals surface area contributed by atoms with Gasteiger partial charge >= 0.3 is 5.97 Å². The van der Waals surface area contributed by atoms with Crippen LogP contribution in [-0.4, -0.2) is 25.7 Å². The lowest BCUT2D eigenvalue weighted by Crippen LogP contribution is -2.20. The van der Waals surface area contributed by atoms with Crippen molar-refractivity contribution >= 4 is 16.9 Å². The SMILES string of the molecule is CCc1c(-c2ccc3c(c2)cc(CN[C@H](C)c2ccccc2)n3C)[nH]c(=O)c(C(=O)O)c1O. The highest BCUT2D eigenvalue weighted by Crippen LogP contribution is 2.32. The van der Waals surface area contributed by atoms with Crippen LogP contribution in [0.3, 0.4) is 0 Å². The van der Waals surface area contributed by atoms with Crippen LogP contribution in [0.5, 0.6) is 5.75 Å². The normalized spacial score (nSPS) is 12.2. The molecular weight excluding hydrogens is 418 g/mol. The first kappa shape index (κ1) is 22.4. The largest absolute Gasteiger partial charge is 0.506 e. The molecule has 0 unspecified atom stereocenters. The van der Waals surface area contributed by atoms with Crippen molar-refractivity contribution in [3.05, 3.63) is 87.3 Å². The molecule has 0 aliphatic rings. The van der Waals surface area contributed by atoms with Gasteiger partial charge in [-0.1, -0.05) is 43.3 Å². The monoisotopic (exact) mass is 445 g/mol.